The van der Waals surface area contributed by atoms with Gasteiger partial charge in [0.15, 0.2) is 5.58 Å². The average molecular weight is 364 g/mol. The van der Waals surface area contributed by atoms with Gasteiger partial charge in [-0.15, -0.1) is 0 Å². The zero-order valence-corrected chi connectivity index (χ0v) is 15.0. The van der Waals surface area contributed by atoms with Gasteiger partial charge in [0.1, 0.15) is 11.8 Å². The first-order chi connectivity index (χ1) is 13.1. The van der Waals surface area contributed by atoms with Crippen LogP contribution in [-0.2, 0) is 11.3 Å². The number of amides is 1. The Morgan fingerprint density at radius 1 is 1.22 bits per heavy atom. The highest BCUT2D eigenvalue weighted by molar-refractivity contribution is 5.81. The van der Waals surface area contributed by atoms with Crippen molar-refractivity contribution in [1.82, 2.24) is 19.5 Å². The summed E-state index contributed by atoms with van der Waals surface area (Å²) in [5.74, 6) is -0.0410. The molecule has 0 saturated heterocycles. The van der Waals surface area contributed by atoms with Crippen LogP contribution in [0.1, 0.15) is 31.4 Å². The molecule has 0 bridgehead atoms. The highest BCUT2D eigenvalue weighted by atomic mass is 16.3. The molecule has 0 aliphatic heterocycles. The lowest BCUT2D eigenvalue weighted by Gasteiger charge is -2.14. The van der Waals surface area contributed by atoms with E-state index in [4.69, 9.17) is 4.42 Å². The number of nitrogens with zero attached hydrogens (tertiary/aromatic N) is 3. The molecule has 1 unspecified atom stereocenters. The molecular weight excluding hydrogens is 344 g/mol. The number of hydrogen-bond acceptors (Lipinski definition) is 4. The highest BCUT2D eigenvalue weighted by Gasteiger charge is 2.12. The summed E-state index contributed by atoms with van der Waals surface area (Å²) in [7, 11) is 0. The van der Waals surface area contributed by atoms with Crippen molar-refractivity contribution < 1.29 is 9.21 Å². The quantitative estimate of drug-likeness (QED) is 0.570. The molecule has 3 heterocycles. The van der Waals surface area contributed by atoms with Crippen LogP contribution < -0.4 is 10.9 Å². The van der Waals surface area contributed by atoms with Crippen molar-refractivity contribution in [3.8, 4) is 0 Å². The number of carbonyl (C=O) groups is 1. The van der Waals surface area contributed by atoms with Gasteiger partial charge < -0.3 is 9.73 Å². The molecule has 0 spiro atoms. The van der Waals surface area contributed by atoms with Gasteiger partial charge in [0.2, 0.25) is 5.91 Å². The number of nitrogens with one attached hydrogen (secondary N) is 1. The van der Waals surface area contributed by atoms with Crippen LogP contribution in [0.25, 0.3) is 16.6 Å². The standard InChI is InChI=1S/C20H20N4O3/c1-14(15-6-3-2-4-7-15)22-19(25)8-5-10-24-20(26)17-12-18-16(9-11-27-18)23(17)13-21-24/h2-4,6-7,9,11-14H,5,8,10H2,1H3,(H,22,25). The maximum atomic E-state index is 12.6. The van der Waals surface area contributed by atoms with Crippen molar-refractivity contribution in [3.63, 3.8) is 0 Å². The number of rotatable bonds is 6. The van der Waals surface area contributed by atoms with Crippen LogP contribution in [0.2, 0.25) is 0 Å². The van der Waals surface area contributed by atoms with E-state index >= 15 is 0 Å². The Morgan fingerprint density at radius 2 is 2.04 bits per heavy atom. The Hall–Kier alpha value is -3.35. The third kappa shape index (κ3) is 3.36. The van der Waals surface area contributed by atoms with E-state index in [1.807, 2.05) is 37.3 Å². The summed E-state index contributed by atoms with van der Waals surface area (Å²) in [4.78, 5) is 24.7. The molecule has 0 aliphatic carbocycles. The molecule has 1 atom stereocenters. The van der Waals surface area contributed by atoms with Crippen LogP contribution in [-0.4, -0.2) is 20.1 Å². The van der Waals surface area contributed by atoms with E-state index < -0.39 is 0 Å². The second-order valence-electron chi connectivity index (χ2n) is 6.53. The van der Waals surface area contributed by atoms with E-state index in [2.05, 4.69) is 10.4 Å². The van der Waals surface area contributed by atoms with Gasteiger partial charge in [0.25, 0.3) is 5.56 Å². The topological polar surface area (TPSA) is 81.5 Å². The number of aromatic nitrogens is 3. The van der Waals surface area contributed by atoms with Crippen molar-refractivity contribution in [3.05, 3.63) is 71.0 Å². The molecule has 4 aromatic rings. The predicted molar refractivity (Wildman–Crippen MR) is 101 cm³/mol. The molecule has 0 saturated carbocycles. The minimum absolute atomic E-state index is 0.0410. The van der Waals surface area contributed by atoms with Crippen molar-refractivity contribution in [2.24, 2.45) is 0 Å². The molecular formula is C20H20N4O3. The highest BCUT2D eigenvalue weighted by Crippen LogP contribution is 2.18. The molecule has 7 heteroatoms. The third-order valence-electron chi connectivity index (χ3n) is 4.67. The Kier molecular flexibility index (Phi) is 4.50. The number of fused-ring (bicyclic) bond motifs is 3. The molecule has 0 aliphatic rings. The summed E-state index contributed by atoms with van der Waals surface area (Å²) in [5.41, 5.74) is 2.85. The predicted octanol–water partition coefficient (Wildman–Crippen LogP) is 2.90. The molecule has 3 aromatic heterocycles. The van der Waals surface area contributed by atoms with Gasteiger partial charge in [0, 0.05) is 25.1 Å². The van der Waals surface area contributed by atoms with E-state index in [9.17, 15) is 9.59 Å². The fourth-order valence-corrected chi connectivity index (χ4v) is 3.22. The van der Waals surface area contributed by atoms with Crippen molar-refractivity contribution in [1.29, 1.82) is 0 Å². The summed E-state index contributed by atoms with van der Waals surface area (Å²) >= 11 is 0. The lowest BCUT2D eigenvalue weighted by Crippen LogP contribution is -2.28. The first-order valence-electron chi connectivity index (χ1n) is 8.92. The van der Waals surface area contributed by atoms with Crippen LogP contribution in [0, 0.1) is 0 Å². The molecule has 4 rings (SSSR count). The number of hydrogen-bond donors (Lipinski definition) is 1. The van der Waals surface area contributed by atoms with Crippen molar-refractivity contribution in [2.75, 3.05) is 0 Å². The van der Waals surface area contributed by atoms with Crippen molar-refractivity contribution in [2.45, 2.75) is 32.4 Å². The number of aryl methyl sites for hydroxylation is 1. The van der Waals surface area contributed by atoms with Crippen LogP contribution >= 0.6 is 0 Å². The van der Waals surface area contributed by atoms with Crippen LogP contribution in [0.4, 0.5) is 0 Å². The van der Waals surface area contributed by atoms with Gasteiger partial charge in [0.05, 0.1) is 17.8 Å². The van der Waals surface area contributed by atoms with E-state index in [0.717, 1.165) is 11.1 Å². The zero-order valence-electron chi connectivity index (χ0n) is 15.0. The second kappa shape index (κ2) is 7.11. The molecule has 0 radical (unpaired) electrons. The Bertz CT molecular complexity index is 1140. The summed E-state index contributed by atoms with van der Waals surface area (Å²) in [6.45, 7) is 2.34. The normalized spacial score (nSPS) is 12.5. The lowest BCUT2D eigenvalue weighted by atomic mass is 10.1. The third-order valence-corrected chi connectivity index (χ3v) is 4.67. The van der Waals surface area contributed by atoms with Gasteiger partial charge >= 0.3 is 0 Å². The molecule has 138 valence electrons. The van der Waals surface area contributed by atoms with Crippen LogP contribution in [0.5, 0.6) is 0 Å². The maximum absolute atomic E-state index is 12.6. The van der Waals surface area contributed by atoms with Gasteiger partial charge in [-0.2, -0.15) is 5.10 Å². The van der Waals surface area contributed by atoms with Gasteiger partial charge in [-0.05, 0) is 18.9 Å². The number of benzene rings is 1. The van der Waals surface area contributed by atoms with E-state index in [1.54, 1.807) is 29.1 Å². The van der Waals surface area contributed by atoms with E-state index in [-0.39, 0.29) is 17.5 Å². The second-order valence-corrected chi connectivity index (χ2v) is 6.53. The molecule has 0 fully saturated rings. The minimum Gasteiger partial charge on any atom is -0.463 e. The summed E-state index contributed by atoms with van der Waals surface area (Å²) < 4.78 is 8.44. The Morgan fingerprint density at radius 3 is 2.85 bits per heavy atom. The zero-order chi connectivity index (χ0) is 18.8. The Labute approximate surface area is 155 Å². The first kappa shape index (κ1) is 17.1. The molecule has 1 amide bonds. The van der Waals surface area contributed by atoms with Gasteiger partial charge in [-0.3, -0.25) is 14.0 Å². The van der Waals surface area contributed by atoms with Gasteiger partial charge in [-0.1, -0.05) is 30.3 Å². The van der Waals surface area contributed by atoms with Crippen LogP contribution in [0.3, 0.4) is 0 Å². The first-order valence-corrected chi connectivity index (χ1v) is 8.92. The van der Waals surface area contributed by atoms with E-state index in [1.165, 1.54) is 4.68 Å². The summed E-state index contributed by atoms with van der Waals surface area (Å²) in [6, 6.07) is 13.3. The molecule has 7 nitrogen and oxygen atoms in total. The van der Waals surface area contributed by atoms with Crippen LogP contribution in [0.15, 0.2) is 64.3 Å². The maximum Gasteiger partial charge on any atom is 0.291 e. The number of furan rings is 1. The minimum atomic E-state index is -0.193. The number of carbonyl (C=O) groups excluding carboxylic acids is 1. The smallest absolute Gasteiger partial charge is 0.291 e. The summed E-state index contributed by atoms with van der Waals surface area (Å²) in [6.07, 6.45) is 4.05. The largest absolute Gasteiger partial charge is 0.463 e. The van der Waals surface area contributed by atoms with Crippen molar-refractivity contribution >= 4 is 22.5 Å². The molecule has 1 aromatic carbocycles. The molecule has 1 N–H and O–H groups in total. The van der Waals surface area contributed by atoms with E-state index in [0.29, 0.717) is 30.5 Å². The SMILES string of the molecule is CC(NC(=O)CCCn1ncn2c(cc3occc32)c1=O)c1ccccc1. The monoisotopic (exact) mass is 364 g/mol. The fourth-order valence-electron chi connectivity index (χ4n) is 3.22. The fraction of sp³-hybridized carbons (Fsp3) is 0.250. The average Bonchev–Trinajstić information content (AvgIpc) is 3.26. The molecule has 27 heavy (non-hydrogen) atoms. The Balaban J connectivity index is 1.38. The summed E-state index contributed by atoms with van der Waals surface area (Å²) in [5, 5.41) is 7.19. The van der Waals surface area contributed by atoms with Gasteiger partial charge in [-0.25, -0.2) is 4.68 Å². The lowest BCUT2D eigenvalue weighted by molar-refractivity contribution is -0.121.